The van der Waals surface area contributed by atoms with Crippen LogP contribution in [-0.2, 0) is 28.6 Å². The molecule has 30 heavy (non-hydrogen) atoms. The summed E-state index contributed by atoms with van der Waals surface area (Å²) < 4.78 is 15.9. The Morgan fingerprint density at radius 3 is 1.23 bits per heavy atom. The van der Waals surface area contributed by atoms with Gasteiger partial charge in [0.05, 0.1) is 5.41 Å². The smallest absolute Gasteiger partial charge is 0.333 e. The average Bonchev–Trinajstić information content (AvgIpc) is 2.71. The van der Waals surface area contributed by atoms with Crippen molar-refractivity contribution in [2.24, 2.45) is 5.41 Å². The van der Waals surface area contributed by atoms with Crippen LogP contribution in [-0.4, -0.2) is 49.4 Å². The van der Waals surface area contributed by atoms with E-state index in [1.165, 1.54) is 20.8 Å². The minimum absolute atomic E-state index is 0.0639. The van der Waals surface area contributed by atoms with Gasteiger partial charge in [-0.3, -0.25) is 0 Å². The Balaban J connectivity index is 0. The highest BCUT2D eigenvalue weighted by Gasteiger charge is 2.35. The first-order valence-corrected chi connectivity index (χ1v) is 10.0. The maximum atomic E-state index is 11.8. The molecule has 0 heterocycles. The third kappa shape index (κ3) is 13.7. The standard InChI is InChI=1S/C20H30O6.C3H8O/c1-8-9-10-20(11-24-17(21)14(2)3,12-25-18(22)15(4)5)13-26-19(23)16(6)7;1-2-3-4/h2,4,6,8-13H2,1,3,5,7H3;4H,2-3H2,1H3. The highest BCUT2D eigenvalue weighted by Crippen LogP contribution is 2.28. The number of rotatable bonds is 13. The van der Waals surface area contributed by atoms with Crippen molar-refractivity contribution < 1.29 is 33.7 Å². The molecule has 7 heteroatoms. The fraction of sp³-hybridized carbons (Fsp3) is 0.609. The molecule has 0 aromatic carbocycles. The summed E-state index contributed by atoms with van der Waals surface area (Å²) in [6.45, 7) is 19.3. The van der Waals surface area contributed by atoms with Crippen molar-refractivity contribution in [1.29, 1.82) is 0 Å². The van der Waals surface area contributed by atoms with Crippen LogP contribution in [0.1, 0.15) is 60.3 Å². The van der Waals surface area contributed by atoms with Gasteiger partial charge in [-0.05, 0) is 33.6 Å². The quantitative estimate of drug-likeness (QED) is 0.271. The molecule has 0 aliphatic heterocycles. The maximum absolute atomic E-state index is 11.8. The first-order chi connectivity index (χ1) is 14.0. The second-order valence-corrected chi connectivity index (χ2v) is 7.40. The second-order valence-electron chi connectivity index (χ2n) is 7.40. The molecule has 7 nitrogen and oxygen atoms in total. The first kappa shape index (κ1) is 29.8. The van der Waals surface area contributed by atoms with E-state index in [2.05, 4.69) is 19.7 Å². The summed E-state index contributed by atoms with van der Waals surface area (Å²) >= 11 is 0. The zero-order valence-electron chi connectivity index (χ0n) is 19.2. The average molecular weight is 427 g/mol. The molecule has 0 bridgehead atoms. The predicted molar refractivity (Wildman–Crippen MR) is 117 cm³/mol. The number of aliphatic hydroxyl groups excluding tert-OH is 1. The van der Waals surface area contributed by atoms with Gasteiger partial charge in [0.15, 0.2) is 0 Å². The molecule has 0 unspecified atom stereocenters. The van der Waals surface area contributed by atoms with Gasteiger partial charge in [-0.25, -0.2) is 14.4 Å². The summed E-state index contributed by atoms with van der Waals surface area (Å²) in [5.74, 6) is -1.66. The van der Waals surface area contributed by atoms with Crippen LogP contribution >= 0.6 is 0 Å². The van der Waals surface area contributed by atoms with Crippen molar-refractivity contribution >= 4 is 17.9 Å². The molecule has 0 rings (SSSR count). The van der Waals surface area contributed by atoms with Crippen LogP contribution in [0.15, 0.2) is 36.5 Å². The fourth-order valence-electron chi connectivity index (χ4n) is 1.92. The van der Waals surface area contributed by atoms with E-state index in [1.807, 2.05) is 13.8 Å². The summed E-state index contributed by atoms with van der Waals surface area (Å²) in [6, 6.07) is 0. The zero-order valence-corrected chi connectivity index (χ0v) is 19.2. The highest BCUT2D eigenvalue weighted by molar-refractivity contribution is 5.88. The van der Waals surface area contributed by atoms with Crippen LogP contribution in [0.4, 0.5) is 0 Å². The van der Waals surface area contributed by atoms with Crippen LogP contribution in [0.3, 0.4) is 0 Å². The third-order valence-electron chi connectivity index (χ3n) is 3.86. The third-order valence-corrected chi connectivity index (χ3v) is 3.86. The van der Waals surface area contributed by atoms with E-state index in [1.54, 1.807) is 0 Å². The zero-order chi connectivity index (χ0) is 23.7. The number of ether oxygens (including phenoxy) is 3. The van der Waals surface area contributed by atoms with Crippen LogP contribution in [0.25, 0.3) is 0 Å². The molecule has 0 aliphatic carbocycles. The van der Waals surface area contributed by atoms with Gasteiger partial charge in [0.1, 0.15) is 19.8 Å². The molecule has 0 radical (unpaired) electrons. The van der Waals surface area contributed by atoms with Gasteiger partial charge in [0.25, 0.3) is 0 Å². The molecular formula is C23H38O7. The van der Waals surface area contributed by atoms with Gasteiger partial charge >= 0.3 is 17.9 Å². The minimum Gasteiger partial charge on any atom is -0.461 e. The van der Waals surface area contributed by atoms with E-state index in [9.17, 15) is 14.4 Å². The summed E-state index contributed by atoms with van der Waals surface area (Å²) in [7, 11) is 0. The molecule has 0 saturated heterocycles. The van der Waals surface area contributed by atoms with Crippen LogP contribution in [0.5, 0.6) is 0 Å². The Kier molecular flexibility index (Phi) is 16.3. The predicted octanol–water partition coefficient (Wildman–Crippen LogP) is 3.91. The fourth-order valence-corrected chi connectivity index (χ4v) is 1.92. The topological polar surface area (TPSA) is 99.1 Å². The maximum Gasteiger partial charge on any atom is 0.333 e. The van der Waals surface area contributed by atoms with Gasteiger partial charge < -0.3 is 19.3 Å². The molecule has 0 saturated carbocycles. The molecule has 0 aromatic rings. The molecule has 0 amide bonds. The molecule has 0 fully saturated rings. The van der Waals surface area contributed by atoms with E-state index in [-0.39, 0.29) is 36.5 Å². The van der Waals surface area contributed by atoms with Gasteiger partial charge in [-0.2, -0.15) is 0 Å². The summed E-state index contributed by atoms with van der Waals surface area (Å²) in [5.41, 5.74) is -0.0797. The number of carbonyl (C=O) groups excluding carboxylic acids is 3. The Hall–Kier alpha value is -2.41. The lowest BCUT2D eigenvalue weighted by atomic mass is 9.85. The van der Waals surface area contributed by atoms with Crippen LogP contribution in [0, 0.1) is 5.41 Å². The van der Waals surface area contributed by atoms with Gasteiger partial charge in [-0.15, -0.1) is 0 Å². The normalized spacial score (nSPS) is 10.2. The Morgan fingerprint density at radius 1 is 0.733 bits per heavy atom. The van der Waals surface area contributed by atoms with Crippen molar-refractivity contribution in [3.8, 4) is 0 Å². The van der Waals surface area contributed by atoms with E-state index < -0.39 is 23.3 Å². The van der Waals surface area contributed by atoms with E-state index >= 15 is 0 Å². The van der Waals surface area contributed by atoms with E-state index in [4.69, 9.17) is 19.3 Å². The molecule has 0 atom stereocenters. The lowest BCUT2D eigenvalue weighted by molar-refractivity contribution is -0.157. The van der Waals surface area contributed by atoms with Gasteiger partial charge in [0, 0.05) is 23.3 Å². The molecule has 0 aromatic heterocycles. The molecule has 1 N–H and O–H groups in total. The van der Waals surface area contributed by atoms with Crippen LogP contribution < -0.4 is 0 Å². The van der Waals surface area contributed by atoms with Crippen molar-refractivity contribution in [3.05, 3.63) is 36.5 Å². The van der Waals surface area contributed by atoms with Crippen molar-refractivity contribution in [2.75, 3.05) is 26.4 Å². The molecule has 0 aliphatic rings. The first-order valence-electron chi connectivity index (χ1n) is 10.0. The Labute approximate surface area is 180 Å². The van der Waals surface area contributed by atoms with Crippen molar-refractivity contribution in [2.45, 2.75) is 60.3 Å². The van der Waals surface area contributed by atoms with Gasteiger partial charge in [-0.1, -0.05) is 46.4 Å². The Bertz CT molecular complexity index is 529. The Morgan fingerprint density at radius 2 is 1.03 bits per heavy atom. The molecule has 172 valence electrons. The minimum atomic E-state index is -0.850. The largest absolute Gasteiger partial charge is 0.461 e. The number of esters is 3. The van der Waals surface area contributed by atoms with Crippen molar-refractivity contribution in [3.63, 3.8) is 0 Å². The summed E-state index contributed by atoms with van der Waals surface area (Å²) in [4.78, 5) is 35.4. The summed E-state index contributed by atoms with van der Waals surface area (Å²) in [6.07, 6.45) is 3.07. The lowest BCUT2D eigenvalue weighted by Gasteiger charge is -2.32. The van der Waals surface area contributed by atoms with Gasteiger partial charge in [0.2, 0.25) is 0 Å². The molecular weight excluding hydrogens is 388 g/mol. The lowest BCUT2D eigenvalue weighted by Crippen LogP contribution is -2.39. The van der Waals surface area contributed by atoms with E-state index in [0.29, 0.717) is 13.0 Å². The molecule has 0 spiro atoms. The number of unbranched alkanes of at least 4 members (excludes halogenated alkanes) is 1. The SMILES string of the molecule is C=C(C)C(=O)OCC(CCCC)(COC(=O)C(=C)C)COC(=O)C(=C)C.CCCO. The number of hydrogen-bond donors (Lipinski definition) is 1. The number of aliphatic hydroxyl groups is 1. The number of carbonyl (C=O) groups is 3. The van der Waals surface area contributed by atoms with Crippen molar-refractivity contribution in [1.82, 2.24) is 0 Å². The number of hydrogen-bond acceptors (Lipinski definition) is 7. The second kappa shape index (κ2) is 16.4. The highest BCUT2D eigenvalue weighted by atomic mass is 16.6. The monoisotopic (exact) mass is 426 g/mol. The van der Waals surface area contributed by atoms with E-state index in [0.717, 1.165) is 19.3 Å². The van der Waals surface area contributed by atoms with Crippen LogP contribution in [0.2, 0.25) is 0 Å². The summed E-state index contributed by atoms with van der Waals surface area (Å²) in [5, 5.41) is 7.88.